The van der Waals surface area contributed by atoms with Crippen molar-refractivity contribution in [3.05, 3.63) is 0 Å². The number of aliphatic hydroxyl groups is 1. The molecule has 78 valence electrons. The molecule has 1 saturated heterocycles. The number of aliphatic hydroxyl groups excluding tert-OH is 1. The SMILES string of the molecule is CNC(CO)CC1CCCN(C)C1. The third-order valence-corrected chi connectivity index (χ3v) is 2.97. The van der Waals surface area contributed by atoms with Gasteiger partial charge in [-0.1, -0.05) is 0 Å². The Balaban J connectivity index is 2.26. The van der Waals surface area contributed by atoms with Crippen LogP contribution < -0.4 is 5.32 Å². The van der Waals surface area contributed by atoms with Crippen LogP contribution in [-0.4, -0.2) is 49.8 Å². The van der Waals surface area contributed by atoms with E-state index in [1.807, 2.05) is 7.05 Å². The minimum atomic E-state index is 0.261. The lowest BCUT2D eigenvalue weighted by Gasteiger charge is -2.31. The molecule has 0 bridgehead atoms. The summed E-state index contributed by atoms with van der Waals surface area (Å²) >= 11 is 0. The fourth-order valence-corrected chi connectivity index (χ4v) is 2.15. The number of nitrogens with zero attached hydrogens (tertiary/aromatic N) is 1. The van der Waals surface area contributed by atoms with Crippen LogP contribution >= 0.6 is 0 Å². The Kier molecular flexibility index (Phi) is 4.70. The Hall–Kier alpha value is -0.120. The van der Waals surface area contributed by atoms with Crippen LogP contribution in [-0.2, 0) is 0 Å². The van der Waals surface area contributed by atoms with Crippen LogP contribution in [0.3, 0.4) is 0 Å². The molecule has 0 spiro atoms. The van der Waals surface area contributed by atoms with Gasteiger partial charge >= 0.3 is 0 Å². The summed E-state index contributed by atoms with van der Waals surface area (Å²) in [6.07, 6.45) is 3.74. The first kappa shape index (κ1) is 11.0. The number of hydrogen-bond donors (Lipinski definition) is 2. The van der Waals surface area contributed by atoms with E-state index in [4.69, 9.17) is 5.11 Å². The Morgan fingerprint density at radius 2 is 2.38 bits per heavy atom. The molecule has 13 heavy (non-hydrogen) atoms. The van der Waals surface area contributed by atoms with Gasteiger partial charge in [0.15, 0.2) is 0 Å². The molecule has 1 fully saturated rings. The summed E-state index contributed by atoms with van der Waals surface area (Å²) in [5.41, 5.74) is 0. The average Bonchev–Trinajstić information content (AvgIpc) is 2.14. The second-order valence-electron chi connectivity index (χ2n) is 4.17. The third kappa shape index (κ3) is 3.63. The predicted octanol–water partition coefficient (Wildman–Crippen LogP) is 0.299. The number of piperidine rings is 1. The highest BCUT2D eigenvalue weighted by atomic mass is 16.3. The number of likely N-dealkylation sites (N-methyl/N-ethyl adjacent to an activating group) is 1. The number of hydrogen-bond acceptors (Lipinski definition) is 3. The van der Waals surface area contributed by atoms with Crippen LogP contribution in [0.4, 0.5) is 0 Å². The lowest BCUT2D eigenvalue weighted by atomic mass is 9.92. The van der Waals surface area contributed by atoms with Gasteiger partial charge in [0.1, 0.15) is 0 Å². The normalized spacial score (nSPS) is 27.5. The van der Waals surface area contributed by atoms with Gasteiger partial charge in [0.25, 0.3) is 0 Å². The molecule has 1 aliphatic heterocycles. The third-order valence-electron chi connectivity index (χ3n) is 2.97. The summed E-state index contributed by atoms with van der Waals surface area (Å²) < 4.78 is 0. The summed E-state index contributed by atoms with van der Waals surface area (Å²) in [6.45, 7) is 2.69. The van der Waals surface area contributed by atoms with Crippen molar-refractivity contribution in [3.63, 3.8) is 0 Å². The first-order valence-corrected chi connectivity index (χ1v) is 5.23. The van der Waals surface area contributed by atoms with Crippen molar-refractivity contribution < 1.29 is 5.11 Å². The van der Waals surface area contributed by atoms with Crippen LogP contribution in [0.15, 0.2) is 0 Å². The summed E-state index contributed by atoms with van der Waals surface area (Å²) in [5.74, 6) is 0.767. The molecule has 1 heterocycles. The first-order chi connectivity index (χ1) is 6.26. The maximum absolute atomic E-state index is 9.05. The average molecular weight is 186 g/mol. The van der Waals surface area contributed by atoms with E-state index in [0.717, 1.165) is 12.3 Å². The van der Waals surface area contributed by atoms with Gasteiger partial charge in [0.2, 0.25) is 0 Å². The molecule has 3 nitrogen and oxygen atoms in total. The van der Waals surface area contributed by atoms with E-state index in [9.17, 15) is 0 Å². The van der Waals surface area contributed by atoms with Gasteiger partial charge in [-0.3, -0.25) is 0 Å². The first-order valence-electron chi connectivity index (χ1n) is 5.23. The molecular formula is C10H22N2O. The molecule has 0 aromatic carbocycles. The maximum atomic E-state index is 9.05. The molecular weight excluding hydrogens is 164 g/mol. The molecule has 2 atom stereocenters. The molecule has 0 aromatic heterocycles. The Morgan fingerprint density at radius 3 is 2.92 bits per heavy atom. The monoisotopic (exact) mass is 186 g/mol. The molecule has 0 radical (unpaired) electrons. The molecule has 0 saturated carbocycles. The lowest BCUT2D eigenvalue weighted by molar-refractivity contribution is 0.167. The molecule has 2 N–H and O–H groups in total. The number of nitrogens with one attached hydrogen (secondary N) is 1. The summed E-state index contributed by atoms with van der Waals surface area (Å²) in [7, 11) is 4.10. The zero-order valence-electron chi connectivity index (χ0n) is 8.79. The number of likely N-dealkylation sites (tertiary alicyclic amines) is 1. The lowest BCUT2D eigenvalue weighted by Crippen LogP contribution is -2.38. The van der Waals surface area contributed by atoms with Gasteiger partial charge in [0, 0.05) is 12.6 Å². The fraction of sp³-hybridized carbons (Fsp3) is 1.00. The molecule has 0 aliphatic carbocycles. The highest BCUT2D eigenvalue weighted by Crippen LogP contribution is 2.19. The molecule has 1 aliphatic rings. The molecule has 1 rings (SSSR count). The van der Waals surface area contributed by atoms with E-state index in [0.29, 0.717) is 0 Å². The standard InChI is InChI=1S/C10H22N2O/c1-11-10(8-13)6-9-4-3-5-12(2)7-9/h9-11,13H,3-8H2,1-2H3. The van der Waals surface area contributed by atoms with Crippen molar-refractivity contribution in [2.24, 2.45) is 5.92 Å². The van der Waals surface area contributed by atoms with Crippen molar-refractivity contribution in [3.8, 4) is 0 Å². The topological polar surface area (TPSA) is 35.5 Å². The van der Waals surface area contributed by atoms with Crippen molar-refractivity contribution in [2.45, 2.75) is 25.3 Å². The zero-order chi connectivity index (χ0) is 9.68. The van der Waals surface area contributed by atoms with Crippen molar-refractivity contribution in [2.75, 3.05) is 33.8 Å². The van der Waals surface area contributed by atoms with Crippen molar-refractivity contribution in [1.29, 1.82) is 0 Å². The van der Waals surface area contributed by atoms with Crippen LogP contribution in [0.5, 0.6) is 0 Å². The van der Waals surface area contributed by atoms with Gasteiger partial charge in [-0.25, -0.2) is 0 Å². The summed E-state index contributed by atoms with van der Waals surface area (Å²) in [5, 5.41) is 12.2. The van der Waals surface area contributed by atoms with Crippen LogP contribution in [0.25, 0.3) is 0 Å². The minimum Gasteiger partial charge on any atom is -0.395 e. The second-order valence-corrected chi connectivity index (χ2v) is 4.17. The highest BCUT2D eigenvalue weighted by molar-refractivity contribution is 4.75. The summed E-state index contributed by atoms with van der Waals surface area (Å²) in [6, 6.07) is 0.288. The maximum Gasteiger partial charge on any atom is 0.0584 e. The zero-order valence-corrected chi connectivity index (χ0v) is 8.79. The van der Waals surface area contributed by atoms with Crippen LogP contribution in [0, 0.1) is 5.92 Å². The largest absolute Gasteiger partial charge is 0.395 e. The van der Waals surface area contributed by atoms with E-state index in [-0.39, 0.29) is 12.6 Å². The second kappa shape index (κ2) is 5.58. The molecule has 2 unspecified atom stereocenters. The van der Waals surface area contributed by atoms with Crippen LogP contribution in [0.1, 0.15) is 19.3 Å². The van der Waals surface area contributed by atoms with E-state index in [2.05, 4.69) is 17.3 Å². The summed E-state index contributed by atoms with van der Waals surface area (Å²) in [4.78, 5) is 2.39. The number of rotatable bonds is 4. The highest BCUT2D eigenvalue weighted by Gasteiger charge is 2.19. The van der Waals surface area contributed by atoms with E-state index < -0.39 is 0 Å². The Morgan fingerprint density at radius 1 is 1.62 bits per heavy atom. The molecule has 0 aromatic rings. The van der Waals surface area contributed by atoms with Gasteiger partial charge in [0.05, 0.1) is 6.61 Å². The molecule has 0 amide bonds. The van der Waals surface area contributed by atoms with E-state index >= 15 is 0 Å². The Bertz CT molecular complexity index is 137. The predicted molar refractivity (Wildman–Crippen MR) is 54.8 cm³/mol. The minimum absolute atomic E-state index is 0.261. The fourth-order valence-electron chi connectivity index (χ4n) is 2.15. The van der Waals surface area contributed by atoms with E-state index in [1.54, 1.807) is 0 Å². The smallest absolute Gasteiger partial charge is 0.0584 e. The van der Waals surface area contributed by atoms with Gasteiger partial charge in [-0.05, 0) is 45.8 Å². The van der Waals surface area contributed by atoms with Crippen molar-refractivity contribution >= 4 is 0 Å². The Labute approximate surface area is 81.1 Å². The van der Waals surface area contributed by atoms with Crippen LogP contribution in [0.2, 0.25) is 0 Å². The van der Waals surface area contributed by atoms with Crippen molar-refractivity contribution in [1.82, 2.24) is 10.2 Å². The van der Waals surface area contributed by atoms with E-state index in [1.165, 1.54) is 25.9 Å². The molecule has 3 heteroatoms. The van der Waals surface area contributed by atoms with Gasteiger partial charge < -0.3 is 15.3 Å². The van der Waals surface area contributed by atoms with Gasteiger partial charge in [-0.15, -0.1) is 0 Å². The van der Waals surface area contributed by atoms with Gasteiger partial charge in [-0.2, -0.15) is 0 Å². The quantitative estimate of drug-likeness (QED) is 0.663.